The van der Waals surface area contributed by atoms with Crippen LogP contribution >= 0.6 is 11.6 Å². The van der Waals surface area contributed by atoms with Gasteiger partial charge in [0, 0.05) is 18.4 Å². The first kappa shape index (κ1) is 10.2. The molecule has 0 aliphatic heterocycles. The van der Waals surface area contributed by atoms with Crippen molar-refractivity contribution in [3.63, 3.8) is 0 Å². The van der Waals surface area contributed by atoms with Crippen molar-refractivity contribution in [1.29, 1.82) is 0 Å². The van der Waals surface area contributed by atoms with Crippen LogP contribution in [0.4, 0.5) is 0 Å². The fraction of sp³-hybridized carbons (Fsp3) is 0.273. The molecular formula is C11H12ClN3. The normalized spacial score (nSPS) is 10.9. The van der Waals surface area contributed by atoms with E-state index in [1.165, 1.54) is 0 Å². The van der Waals surface area contributed by atoms with Crippen LogP contribution in [0.3, 0.4) is 0 Å². The van der Waals surface area contributed by atoms with E-state index in [0.29, 0.717) is 11.2 Å². The Bertz CT molecular complexity index is 462. The Labute approximate surface area is 93.7 Å². The molecule has 2 rings (SSSR count). The van der Waals surface area contributed by atoms with Gasteiger partial charge in [-0.2, -0.15) is 0 Å². The zero-order valence-corrected chi connectivity index (χ0v) is 9.44. The lowest BCUT2D eigenvalue weighted by atomic mass is 10.3. The van der Waals surface area contributed by atoms with Crippen LogP contribution < -0.4 is 0 Å². The van der Waals surface area contributed by atoms with E-state index in [0.717, 1.165) is 11.5 Å². The lowest BCUT2D eigenvalue weighted by molar-refractivity contribution is 0.605. The molecule has 78 valence electrons. The first-order valence-corrected chi connectivity index (χ1v) is 5.22. The lowest BCUT2D eigenvalue weighted by Gasteiger charge is -2.10. The Hall–Kier alpha value is -1.35. The molecule has 0 amide bonds. The van der Waals surface area contributed by atoms with Crippen molar-refractivity contribution < 1.29 is 0 Å². The molecular weight excluding hydrogens is 210 g/mol. The van der Waals surface area contributed by atoms with Gasteiger partial charge in [-0.1, -0.05) is 17.7 Å². The first-order valence-electron chi connectivity index (χ1n) is 4.84. The van der Waals surface area contributed by atoms with Crippen LogP contribution in [0.1, 0.15) is 19.9 Å². The molecule has 2 heterocycles. The molecule has 0 aliphatic carbocycles. The molecule has 0 unspecified atom stereocenters. The zero-order chi connectivity index (χ0) is 10.8. The Kier molecular flexibility index (Phi) is 2.73. The molecule has 15 heavy (non-hydrogen) atoms. The van der Waals surface area contributed by atoms with Crippen molar-refractivity contribution in [2.24, 2.45) is 0 Å². The van der Waals surface area contributed by atoms with Crippen molar-refractivity contribution >= 4 is 11.6 Å². The quantitative estimate of drug-likeness (QED) is 0.730. The molecule has 0 aromatic carbocycles. The summed E-state index contributed by atoms with van der Waals surface area (Å²) in [5.41, 5.74) is 0.807. The van der Waals surface area contributed by atoms with E-state index >= 15 is 0 Å². The van der Waals surface area contributed by atoms with E-state index in [9.17, 15) is 0 Å². The summed E-state index contributed by atoms with van der Waals surface area (Å²) in [6.45, 7) is 4.21. The number of hydrogen-bond donors (Lipinski definition) is 0. The van der Waals surface area contributed by atoms with Gasteiger partial charge < -0.3 is 4.57 Å². The minimum atomic E-state index is 0.364. The smallest absolute Gasteiger partial charge is 0.158 e. The molecule has 0 atom stereocenters. The highest BCUT2D eigenvalue weighted by molar-refractivity contribution is 6.29. The highest BCUT2D eigenvalue weighted by Gasteiger charge is 2.09. The molecule has 0 radical (unpaired) electrons. The van der Waals surface area contributed by atoms with Crippen LogP contribution in [0.25, 0.3) is 11.5 Å². The third kappa shape index (κ3) is 2.02. The Morgan fingerprint density at radius 3 is 2.80 bits per heavy atom. The molecule has 0 bridgehead atoms. The summed E-state index contributed by atoms with van der Waals surface area (Å²) < 4.78 is 2.07. The van der Waals surface area contributed by atoms with Crippen LogP contribution in [0.15, 0.2) is 30.6 Å². The standard InChI is InChI=1S/C11H12ClN3/c1-8(2)15-7-6-13-11(15)9-4-3-5-10(12)14-9/h3-8H,1-2H3. The number of rotatable bonds is 2. The van der Waals surface area contributed by atoms with Gasteiger partial charge in [0.15, 0.2) is 5.82 Å². The van der Waals surface area contributed by atoms with Crippen LogP contribution in [-0.2, 0) is 0 Å². The summed E-state index contributed by atoms with van der Waals surface area (Å²) >= 11 is 5.85. The number of aromatic nitrogens is 3. The molecule has 0 aliphatic rings. The zero-order valence-electron chi connectivity index (χ0n) is 8.68. The number of hydrogen-bond acceptors (Lipinski definition) is 2. The topological polar surface area (TPSA) is 30.7 Å². The van der Waals surface area contributed by atoms with Crippen molar-refractivity contribution in [1.82, 2.24) is 14.5 Å². The maximum atomic E-state index is 5.85. The van der Waals surface area contributed by atoms with E-state index < -0.39 is 0 Å². The second kappa shape index (κ2) is 4.03. The van der Waals surface area contributed by atoms with Gasteiger partial charge in [0.05, 0.1) is 0 Å². The first-order chi connectivity index (χ1) is 7.18. The Balaban J connectivity index is 2.49. The lowest BCUT2D eigenvalue weighted by Crippen LogP contribution is -2.02. The van der Waals surface area contributed by atoms with Crippen LogP contribution in [0.2, 0.25) is 5.15 Å². The average Bonchev–Trinajstić information content (AvgIpc) is 2.65. The van der Waals surface area contributed by atoms with Gasteiger partial charge in [-0.05, 0) is 26.0 Å². The van der Waals surface area contributed by atoms with Gasteiger partial charge in [0.1, 0.15) is 10.8 Å². The van der Waals surface area contributed by atoms with Gasteiger partial charge in [-0.3, -0.25) is 0 Å². The van der Waals surface area contributed by atoms with Crippen LogP contribution in [0, 0.1) is 0 Å². The third-order valence-corrected chi connectivity index (χ3v) is 2.38. The Morgan fingerprint density at radius 1 is 1.33 bits per heavy atom. The summed E-state index contributed by atoms with van der Waals surface area (Å²) in [5, 5.41) is 0.491. The van der Waals surface area contributed by atoms with E-state index in [1.54, 1.807) is 12.3 Å². The minimum Gasteiger partial charge on any atom is -0.327 e. The second-order valence-corrected chi connectivity index (χ2v) is 3.98. The number of imidazole rings is 1. The third-order valence-electron chi connectivity index (χ3n) is 2.17. The van der Waals surface area contributed by atoms with Gasteiger partial charge in [-0.15, -0.1) is 0 Å². The SMILES string of the molecule is CC(C)n1ccnc1-c1cccc(Cl)n1. The molecule has 0 N–H and O–H groups in total. The average molecular weight is 222 g/mol. The highest BCUT2D eigenvalue weighted by atomic mass is 35.5. The summed E-state index contributed by atoms with van der Waals surface area (Å²) in [6.07, 6.45) is 3.72. The van der Waals surface area contributed by atoms with Crippen molar-refractivity contribution in [2.45, 2.75) is 19.9 Å². The maximum absolute atomic E-state index is 5.85. The Morgan fingerprint density at radius 2 is 2.13 bits per heavy atom. The van der Waals surface area contributed by atoms with Gasteiger partial charge in [-0.25, -0.2) is 9.97 Å². The van der Waals surface area contributed by atoms with Gasteiger partial charge in [0.2, 0.25) is 0 Å². The van der Waals surface area contributed by atoms with Crippen molar-refractivity contribution in [3.05, 3.63) is 35.7 Å². The van der Waals surface area contributed by atoms with Gasteiger partial charge >= 0.3 is 0 Å². The van der Waals surface area contributed by atoms with Gasteiger partial charge in [0.25, 0.3) is 0 Å². The minimum absolute atomic E-state index is 0.364. The second-order valence-electron chi connectivity index (χ2n) is 3.60. The van der Waals surface area contributed by atoms with Crippen LogP contribution in [0.5, 0.6) is 0 Å². The molecule has 0 spiro atoms. The number of pyridine rings is 1. The van der Waals surface area contributed by atoms with E-state index in [-0.39, 0.29) is 0 Å². The fourth-order valence-corrected chi connectivity index (χ4v) is 1.62. The molecule has 0 saturated heterocycles. The highest BCUT2D eigenvalue weighted by Crippen LogP contribution is 2.20. The molecule has 4 heteroatoms. The molecule has 2 aromatic heterocycles. The largest absolute Gasteiger partial charge is 0.327 e. The van der Waals surface area contributed by atoms with Crippen LogP contribution in [-0.4, -0.2) is 14.5 Å². The number of halogens is 1. The summed E-state index contributed by atoms with van der Waals surface area (Å²) in [4.78, 5) is 8.53. The predicted octanol–water partition coefficient (Wildman–Crippen LogP) is 3.18. The number of nitrogens with zero attached hydrogens (tertiary/aromatic N) is 3. The molecule has 0 fully saturated rings. The van der Waals surface area contributed by atoms with E-state index in [1.807, 2.05) is 18.3 Å². The molecule has 3 nitrogen and oxygen atoms in total. The summed E-state index contributed by atoms with van der Waals surface area (Å²) in [5.74, 6) is 0.854. The van der Waals surface area contributed by atoms with E-state index in [4.69, 9.17) is 11.6 Å². The monoisotopic (exact) mass is 221 g/mol. The van der Waals surface area contributed by atoms with E-state index in [2.05, 4.69) is 28.4 Å². The molecule has 0 saturated carbocycles. The fourth-order valence-electron chi connectivity index (χ4n) is 1.46. The predicted molar refractivity (Wildman–Crippen MR) is 60.9 cm³/mol. The maximum Gasteiger partial charge on any atom is 0.158 e. The summed E-state index contributed by atoms with van der Waals surface area (Å²) in [6, 6.07) is 5.91. The molecule has 2 aromatic rings. The van der Waals surface area contributed by atoms with Crippen molar-refractivity contribution in [3.8, 4) is 11.5 Å². The summed E-state index contributed by atoms with van der Waals surface area (Å²) in [7, 11) is 0. The van der Waals surface area contributed by atoms with Crippen molar-refractivity contribution in [2.75, 3.05) is 0 Å².